The van der Waals surface area contributed by atoms with Gasteiger partial charge in [-0.1, -0.05) is 0 Å². The second kappa shape index (κ2) is 5.01. The van der Waals surface area contributed by atoms with E-state index < -0.39 is 11.2 Å². The first kappa shape index (κ1) is 12.9. The number of aryl methyl sites for hydroxylation is 1. The molecule has 0 spiro atoms. The maximum atomic E-state index is 11.9. The van der Waals surface area contributed by atoms with E-state index in [1.165, 1.54) is 24.9 Å². The van der Waals surface area contributed by atoms with E-state index in [0.717, 1.165) is 0 Å². The van der Waals surface area contributed by atoms with Crippen LogP contribution in [0.1, 0.15) is 5.69 Å². The predicted molar refractivity (Wildman–Crippen MR) is 70.5 cm³/mol. The van der Waals surface area contributed by atoms with Gasteiger partial charge in [-0.15, -0.1) is 0 Å². The second-order valence-electron chi connectivity index (χ2n) is 3.95. The number of rotatable bonds is 3. The van der Waals surface area contributed by atoms with Gasteiger partial charge >= 0.3 is 5.69 Å². The van der Waals surface area contributed by atoms with Crippen LogP contribution >= 0.6 is 0 Å². The van der Waals surface area contributed by atoms with Crippen molar-refractivity contribution in [1.29, 1.82) is 0 Å². The van der Waals surface area contributed by atoms with Gasteiger partial charge in [-0.05, 0) is 19.1 Å². The zero-order chi connectivity index (χ0) is 14.0. The van der Waals surface area contributed by atoms with E-state index in [1.54, 1.807) is 25.1 Å². The normalized spacial score (nSPS) is 10.3. The minimum absolute atomic E-state index is 0.417. The van der Waals surface area contributed by atoms with E-state index in [0.29, 0.717) is 22.9 Å². The first-order valence-corrected chi connectivity index (χ1v) is 5.62. The van der Waals surface area contributed by atoms with Crippen molar-refractivity contribution in [2.45, 2.75) is 6.92 Å². The van der Waals surface area contributed by atoms with Crippen molar-refractivity contribution in [2.75, 3.05) is 14.2 Å². The second-order valence-corrected chi connectivity index (χ2v) is 3.95. The monoisotopic (exact) mass is 262 g/mol. The van der Waals surface area contributed by atoms with Gasteiger partial charge in [0.05, 0.1) is 19.9 Å². The summed E-state index contributed by atoms with van der Waals surface area (Å²) >= 11 is 0. The number of H-pyrrole nitrogens is 1. The largest absolute Gasteiger partial charge is 0.493 e. The highest BCUT2D eigenvalue weighted by Crippen LogP contribution is 2.28. The molecule has 0 fully saturated rings. The number of aromatic nitrogens is 2. The summed E-state index contributed by atoms with van der Waals surface area (Å²) in [6.45, 7) is 1.69. The van der Waals surface area contributed by atoms with Crippen LogP contribution in [-0.2, 0) is 0 Å². The Balaban J connectivity index is 2.66. The molecule has 0 aliphatic heterocycles. The fourth-order valence-corrected chi connectivity index (χ4v) is 1.90. The predicted octanol–water partition coefficient (Wildman–Crippen LogP) is 0.851. The van der Waals surface area contributed by atoms with Gasteiger partial charge in [0.25, 0.3) is 5.56 Å². The Morgan fingerprint density at radius 3 is 2.32 bits per heavy atom. The minimum Gasteiger partial charge on any atom is -0.493 e. The summed E-state index contributed by atoms with van der Waals surface area (Å²) in [4.78, 5) is 25.3. The molecule has 0 unspecified atom stereocenters. The molecule has 1 aromatic heterocycles. The Kier molecular flexibility index (Phi) is 3.41. The summed E-state index contributed by atoms with van der Waals surface area (Å²) < 4.78 is 11.7. The van der Waals surface area contributed by atoms with Crippen molar-refractivity contribution in [3.8, 4) is 17.2 Å². The Bertz CT molecular complexity index is 715. The maximum Gasteiger partial charge on any atom is 0.333 e. The number of hydrogen-bond donors (Lipinski definition) is 1. The third kappa shape index (κ3) is 2.37. The molecule has 2 aromatic rings. The molecule has 0 saturated heterocycles. The smallest absolute Gasteiger partial charge is 0.333 e. The highest BCUT2D eigenvalue weighted by Gasteiger charge is 2.09. The van der Waals surface area contributed by atoms with Gasteiger partial charge in [0.1, 0.15) is 0 Å². The van der Waals surface area contributed by atoms with Crippen LogP contribution in [0.15, 0.2) is 33.9 Å². The van der Waals surface area contributed by atoms with Crippen LogP contribution in [0.5, 0.6) is 11.5 Å². The quantitative estimate of drug-likeness (QED) is 0.890. The van der Waals surface area contributed by atoms with E-state index in [9.17, 15) is 9.59 Å². The highest BCUT2D eigenvalue weighted by atomic mass is 16.5. The average molecular weight is 262 g/mol. The number of ether oxygens (including phenoxy) is 2. The van der Waals surface area contributed by atoms with Crippen molar-refractivity contribution in [1.82, 2.24) is 9.55 Å². The first-order chi connectivity index (χ1) is 9.06. The lowest BCUT2D eigenvalue weighted by molar-refractivity contribution is 0.355. The first-order valence-electron chi connectivity index (χ1n) is 5.62. The van der Waals surface area contributed by atoms with Gasteiger partial charge in [0.2, 0.25) is 0 Å². The lowest BCUT2D eigenvalue weighted by Crippen LogP contribution is -2.29. The Hall–Kier alpha value is -2.50. The molecule has 0 saturated carbocycles. The van der Waals surface area contributed by atoms with Crippen LogP contribution in [0.3, 0.4) is 0 Å². The van der Waals surface area contributed by atoms with E-state index in [1.807, 2.05) is 0 Å². The van der Waals surface area contributed by atoms with Crippen LogP contribution in [-0.4, -0.2) is 23.8 Å². The van der Waals surface area contributed by atoms with Gasteiger partial charge in [-0.3, -0.25) is 14.3 Å². The fourth-order valence-electron chi connectivity index (χ4n) is 1.90. The molecular formula is C13H14N2O4. The molecule has 0 aliphatic carbocycles. The van der Waals surface area contributed by atoms with Crippen LogP contribution in [0.2, 0.25) is 0 Å². The van der Waals surface area contributed by atoms with Crippen molar-refractivity contribution >= 4 is 0 Å². The zero-order valence-electron chi connectivity index (χ0n) is 10.9. The van der Waals surface area contributed by atoms with E-state index in [4.69, 9.17) is 9.47 Å². The van der Waals surface area contributed by atoms with E-state index in [2.05, 4.69) is 4.98 Å². The molecule has 100 valence electrons. The lowest BCUT2D eigenvalue weighted by atomic mass is 10.2. The molecule has 0 aliphatic rings. The number of nitrogens with one attached hydrogen (secondary N) is 1. The number of nitrogens with zero attached hydrogens (tertiary/aromatic N) is 1. The topological polar surface area (TPSA) is 73.3 Å². The molecule has 1 N–H and O–H groups in total. The van der Waals surface area contributed by atoms with Gasteiger partial charge in [0.15, 0.2) is 11.5 Å². The summed E-state index contributed by atoms with van der Waals surface area (Å²) in [5.74, 6) is 1.08. The van der Waals surface area contributed by atoms with Gasteiger partial charge < -0.3 is 9.47 Å². The molecule has 0 radical (unpaired) electrons. The van der Waals surface area contributed by atoms with Crippen LogP contribution in [0.25, 0.3) is 5.69 Å². The van der Waals surface area contributed by atoms with Crippen LogP contribution < -0.4 is 20.7 Å². The summed E-state index contributed by atoms with van der Waals surface area (Å²) in [6.07, 6.45) is 0. The molecule has 6 nitrogen and oxygen atoms in total. The number of aromatic amines is 1. The Labute approximate surface area is 109 Å². The highest BCUT2D eigenvalue weighted by molar-refractivity contribution is 5.49. The Morgan fingerprint density at radius 1 is 1.05 bits per heavy atom. The molecular weight excluding hydrogens is 248 g/mol. The minimum atomic E-state index is -0.489. The molecule has 0 bridgehead atoms. The van der Waals surface area contributed by atoms with Crippen molar-refractivity contribution in [2.24, 2.45) is 0 Å². The third-order valence-electron chi connectivity index (χ3n) is 2.75. The lowest BCUT2D eigenvalue weighted by Gasteiger charge is -2.12. The third-order valence-corrected chi connectivity index (χ3v) is 2.75. The summed E-state index contributed by atoms with van der Waals surface area (Å²) in [6, 6.07) is 6.45. The molecule has 0 atom stereocenters. The fraction of sp³-hybridized carbons (Fsp3) is 0.231. The molecule has 19 heavy (non-hydrogen) atoms. The Morgan fingerprint density at radius 2 is 1.74 bits per heavy atom. The van der Waals surface area contributed by atoms with Crippen molar-refractivity contribution < 1.29 is 9.47 Å². The van der Waals surface area contributed by atoms with Crippen molar-refractivity contribution in [3.05, 3.63) is 50.8 Å². The van der Waals surface area contributed by atoms with Crippen LogP contribution in [0, 0.1) is 6.92 Å². The van der Waals surface area contributed by atoms with Crippen LogP contribution in [0.4, 0.5) is 0 Å². The van der Waals surface area contributed by atoms with Gasteiger partial charge in [0, 0.05) is 17.8 Å². The van der Waals surface area contributed by atoms with Crippen molar-refractivity contribution in [3.63, 3.8) is 0 Å². The number of benzene rings is 1. The van der Waals surface area contributed by atoms with E-state index >= 15 is 0 Å². The molecule has 0 amide bonds. The molecule has 1 heterocycles. The summed E-state index contributed by atoms with van der Waals surface area (Å²) in [7, 11) is 3.05. The number of methoxy groups -OCH3 is 2. The number of hydrogen-bond acceptors (Lipinski definition) is 4. The van der Waals surface area contributed by atoms with Gasteiger partial charge in [-0.25, -0.2) is 4.79 Å². The zero-order valence-corrected chi connectivity index (χ0v) is 10.9. The van der Waals surface area contributed by atoms with Gasteiger partial charge in [-0.2, -0.15) is 0 Å². The SMILES string of the molecule is COc1ccc(-n2c(C)cc(=O)[nH]c2=O)cc1OC. The molecule has 6 heteroatoms. The van der Waals surface area contributed by atoms with E-state index in [-0.39, 0.29) is 0 Å². The summed E-state index contributed by atoms with van der Waals surface area (Å²) in [5.41, 5.74) is 0.230. The maximum absolute atomic E-state index is 11.9. The summed E-state index contributed by atoms with van der Waals surface area (Å²) in [5, 5.41) is 0. The molecule has 2 rings (SSSR count). The average Bonchev–Trinajstić information content (AvgIpc) is 2.37. The molecule has 1 aromatic carbocycles. The standard InChI is InChI=1S/C13H14N2O4/c1-8-6-12(16)14-13(17)15(8)9-4-5-10(18-2)11(7-9)19-3/h4-7H,1-3H3,(H,14,16,17).